The van der Waals surface area contributed by atoms with Gasteiger partial charge in [-0.05, 0) is 26.8 Å². The molecule has 0 amide bonds. The first-order valence-corrected chi connectivity index (χ1v) is 3.36. The van der Waals surface area contributed by atoms with Gasteiger partial charge in [0.15, 0.2) is 0 Å². The fraction of sp³-hybridized carbons (Fsp3) is 0.625. The van der Waals surface area contributed by atoms with Gasteiger partial charge in [0.1, 0.15) is 0 Å². The SMILES string of the molecule is CC1OC(C)(C)C=C1C#N. The highest BCUT2D eigenvalue weighted by Gasteiger charge is 2.29. The van der Waals surface area contributed by atoms with Crippen molar-refractivity contribution in [2.75, 3.05) is 0 Å². The van der Waals surface area contributed by atoms with Crippen molar-refractivity contribution < 1.29 is 4.74 Å². The summed E-state index contributed by atoms with van der Waals surface area (Å²) in [4.78, 5) is 0. The summed E-state index contributed by atoms with van der Waals surface area (Å²) in [5, 5.41) is 8.57. The van der Waals surface area contributed by atoms with E-state index in [9.17, 15) is 0 Å². The second-order valence-corrected chi connectivity index (χ2v) is 3.08. The summed E-state index contributed by atoms with van der Waals surface area (Å²) in [6, 6.07) is 2.11. The molecule has 2 heteroatoms. The van der Waals surface area contributed by atoms with E-state index in [-0.39, 0.29) is 11.7 Å². The maximum Gasteiger partial charge on any atom is 0.0972 e. The molecule has 0 aliphatic carbocycles. The molecule has 1 heterocycles. The summed E-state index contributed by atoms with van der Waals surface area (Å²) < 4.78 is 5.44. The van der Waals surface area contributed by atoms with Gasteiger partial charge in [0.2, 0.25) is 0 Å². The first-order chi connectivity index (χ1) is 4.55. The molecule has 0 aromatic heterocycles. The fourth-order valence-electron chi connectivity index (χ4n) is 1.17. The Hall–Kier alpha value is -0.810. The number of rotatable bonds is 0. The van der Waals surface area contributed by atoms with E-state index in [2.05, 4.69) is 6.07 Å². The average molecular weight is 137 g/mol. The van der Waals surface area contributed by atoms with Crippen LogP contribution in [0.25, 0.3) is 0 Å². The van der Waals surface area contributed by atoms with Crippen molar-refractivity contribution in [3.8, 4) is 6.07 Å². The van der Waals surface area contributed by atoms with E-state index < -0.39 is 0 Å². The highest BCUT2D eigenvalue weighted by atomic mass is 16.5. The fourth-order valence-corrected chi connectivity index (χ4v) is 1.17. The molecule has 2 nitrogen and oxygen atoms in total. The van der Waals surface area contributed by atoms with Gasteiger partial charge in [-0.1, -0.05) is 0 Å². The van der Waals surface area contributed by atoms with Crippen LogP contribution in [0, 0.1) is 11.3 Å². The minimum atomic E-state index is -0.246. The quantitative estimate of drug-likeness (QED) is 0.508. The van der Waals surface area contributed by atoms with Gasteiger partial charge in [0, 0.05) is 0 Å². The Kier molecular flexibility index (Phi) is 1.53. The Balaban J connectivity index is 2.85. The average Bonchev–Trinajstić information content (AvgIpc) is 2.05. The van der Waals surface area contributed by atoms with Gasteiger partial charge in [-0.15, -0.1) is 0 Å². The Morgan fingerprint density at radius 2 is 2.30 bits per heavy atom. The zero-order valence-electron chi connectivity index (χ0n) is 6.51. The van der Waals surface area contributed by atoms with Gasteiger partial charge in [-0.3, -0.25) is 0 Å². The zero-order chi connectivity index (χ0) is 7.78. The van der Waals surface area contributed by atoms with Crippen LogP contribution in [0.15, 0.2) is 11.6 Å². The van der Waals surface area contributed by atoms with Crippen LogP contribution in [0.1, 0.15) is 20.8 Å². The van der Waals surface area contributed by atoms with Crippen LogP contribution in [-0.4, -0.2) is 11.7 Å². The lowest BCUT2D eigenvalue weighted by Crippen LogP contribution is -2.19. The van der Waals surface area contributed by atoms with Gasteiger partial charge in [-0.25, -0.2) is 0 Å². The molecule has 1 rings (SSSR count). The van der Waals surface area contributed by atoms with Crippen molar-refractivity contribution in [1.29, 1.82) is 5.26 Å². The largest absolute Gasteiger partial charge is 0.363 e. The molecule has 0 aromatic rings. The van der Waals surface area contributed by atoms with E-state index in [1.165, 1.54) is 0 Å². The van der Waals surface area contributed by atoms with Crippen molar-refractivity contribution in [3.05, 3.63) is 11.6 Å². The Morgan fingerprint density at radius 1 is 1.70 bits per heavy atom. The van der Waals surface area contributed by atoms with E-state index in [0.717, 1.165) is 5.57 Å². The van der Waals surface area contributed by atoms with E-state index in [0.29, 0.717) is 0 Å². The Bertz CT molecular complexity index is 210. The number of nitriles is 1. The van der Waals surface area contributed by atoms with Crippen LogP contribution in [-0.2, 0) is 4.74 Å². The van der Waals surface area contributed by atoms with Gasteiger partial charge in [-0.2, -0.15) is 5.26 Å². The molecule has 0 aromatic carbocycles. The second-order valence-electron chi connectivity index (χ2n) is 3.08. The Labute approximate surface area is 61.1 Å². The van der Waals surface area contributed by atoms with Gasteiger partial charge in [0.25, 0.3) is 0 Å². The maximum atomic E-state index is 8.57. The van der Waals surface area contributed by atoms with Gasteiger partial charge >= 0.3 is 0 Å². The van der Waals surface area contributed by atoms with Crippen molar-refractivity contribution in [2.24, 2.45) is 0 Å². The molecule has 0 saturated heterocycles. The first kappa shape index (κ1) is 7.30. The van der Waals surface area contributed by atoms with Crippen LogP contribution in [0.5, 0.6) is 0 Å². The summed E-state index contributed by atoms with van der Waals surface area (Å²) >= 11 is 0. The molecule has 1 aliphatic heterocycles. The van der Waals surface area contributed by atoms with Gasteiger partial charge in [0.05, 0.1) is 23.3 Å². The summed E-state index contributed by atoms with van der Waals surface area (Å²) in [5.41, 5.74) is 0.495. The zero-order valence-corrected chi connectivity index (χ0v) is 6.51. The molecule has 1 unspecified atom stereocenters. The van der Waals surface area contributed by atoms with E-state index >= 15 is 0 Å². The predicted molar refractivity (Wildman–Crippen MR) is 38.3 cm³/mol. The number of nitrogens with zero attached hydrogens (tertiary/aromatic N) is 1. The molecule has 0 bridgehead atoms. The molecular formula is C8H11NO. The van der Waals surface area contributed by atoms with E-state index in [1.807, 2.05) is 26.8 Å². The van der Waals surface area contributed by atoms with E-state index in [1.54, 1.807) is 0 Å². The summed E-state index contributed by atoms with van der Waals surface area (Å²) in [6.45, 7) is 5.80. The van der Waals surface area contributed by atoms with Crippen LogP contribution in [0.2, 0.25) is 0 Å². The lowest BCUT2D eigenvalue weighted by atomic mass is 10.1. The Morgan fingerprint density at radius 3 is 2.50 bits per heavy atom. The van der Waals surface area contributed by atoms with Crippen molar-refractivity contribution in [2.45, 2.75) is 32.5 Å². The summed E-state index contributed by atoms with van der Waals surface area (Å²) in [6.07, 6.45) is 1.84. The highest BCUT2D eigenvalue weighted by Crippen LogP contribution is 2.26. The summed E-state index contributed by atoms with van der Waals surface area (Å²) in [5.74, 6) is 0. The first-order valence-electron chi connectivity index (χ1n) is 3.36. The normalized spacial score (nSPS) is 29.4. The molecule has 0 N–H and O–H groups in total. The van der Waals surface area contributed by atoms with Gasteiger partial charge < -0.3 is 4.74 Å². The highest BCUT2D eigenvalue weighted by molar-refractivity contribution is 5.31. The van der Waals surface area contributed by atoms with Crippen LogP contribution < -0.4 is 0 Å². The monoisotopic (exact) mass is 137 g/mol. The van der Waals surface area contributed by atoms with Crippen LogP contribution >= 0.6 is 0 Å². The maximum absolute atomic E-state index is 8.57. The third kappa shape index (κ3) is 1.19. The molecule has 0 radical (unpaired) electrons. The molecule has 1 atom stereocenters. The second kappa shape index (κ2) is 2.10. The molecule has 0 fully saturated rings. The third-order valence-electron chi connectivity index (χ3n) is 1.55. The van der Waals surface area contributed by atoms with Crippen molar-refractivity contribution in [3.63, 3.8) is 0 Å². The van der Waals surface area contributed by atoms with Crippen molar-refractivity contribution >= 4 is 0 Å². The number of ether oxygens (including phenoxy) is 1. The minimum absolute atomic E-state index is 0.0278. The summed E-state index contributed by atoms with van der Waals surface area (Å²) in [7, 11) is 0. The third-order valence-corrected chi connectivity index (χ3v) is 1.55. The lowest BCUT2D eigenvalue weighted by molar-refractivity contribution is 0.00880. The standard InChI is InChI=1S/C8H11NO/c1-6-7(5-9)4-8(2,3)10-6/h4,6H,1-3H3. The number of hydrogen-bond donors (Lipinski definition) is 0. The molecule has 54 valence electrons. The number of hydrogen-bond acceptors (Lipinski definition) is 2. The topological polar surface area (TPSA) is 33.0 Å². The smallest absolute Gasteiger partial charge is 0.0972 e. The van der Waals surface area contributed by atoms with E-state index in [4.69, 9.17) is 10.00 Å². The lowest BCUT2D eigenvalue weighted by Gasteiger charge is -2.16. The predicted octanol–water partition coefficient (Wildman–Crippen LogP) is 1.63. The molecule has 10 heavy (non-hydrogen) atoms. The van der Waals surface area contributed by atoms with Crippen LogP contribution in [0.3, 0.4) is 0 Å². The van der Waals surface area contributed by atoms with Crippen LogP contribution in [0.4, 0.5) is 0 Å². The molecule has 0 saturated carbocycles. The molecular weight excluding hydrogens is 126 g/mol. The minimum Gasteiger partial charge on any atom is -0.363 e. The molecule has 0 spiro atoms. The molecule has 1 aliphatic rings. The van der Waals surface area contributed by atoms with Crippen molar-refractivity contribution in [1.82, 2.24) is 0 Å².